The second kappa shape index (κ2) is 8.28. The van der Waals surface area contributed by atoms with Gasteiger partial charge in [-0.05, 0) is 43.2 Å². The van der Waals surface area contributed by atoms with Gasteiger partial charge in [-0.1, -0.05) is 56.0 Å². The van der Waals surface area contributed by atoms with Gasteiger partial charge >= 0.3 is 0 Å². The van der Waals surface area contributed by atoms with E-state index in [9.17, 15) is 5.11 Å². The van der Waals surface area contributed by atoms with Gasteiger partial charge in [-0.15, -0.1) is 23.5 Å². The summed E-state index contributed by atoms with van der Waals surface area (Å²) in [6.45, 7) is 7.41. The quantitative estimate of drug-likeness (QED) is 0.310. The first-order valence-electron chi connectivity index (χ1n) is 9.28. The van der Waals surface area contributed by atoms with E-state index in [1.165, 1.54) is 9.79 Å². The van der Waals surface area contributed by atoms with Gasteiger partial charge in [0.1, 0.15) is 0 Å². The van der Waals surface area contributed by atoms with E-state index >= 15 is 0 Å². The third-order valence-electron chi connectivity index (χ3n) is 4.90. The van der Waals surface area contributed by atoms with Crippen LogP contribution in [-0.4, -0.2) is 16.9 Å². The SMILES string of the molecule is C[Si](C)(C)C(Sc1ccccc1)(Sc1ccccc1)C1C=C(O)CCC1. The molecular weight excluding hydrogens is 372 g/mol. The van der Waals surface area contributed by atoms with Gasteiger partial charge in [0.05, 0.1) is 17.5 Å². The monoisotopic (exact) mass is 400 g/mol. The Morgan fingerprint density at radius 3 is 1.81 bits per heavy atom. The van der Waals surface area contributed by atoms with E-state index in [4.69, 9.17) is 0 Å². The molecule has 0 fully saturated rings. The van der Waals surface area contributed by atoms with Crippen molar-refractivity contribution in [3.05, 3.63) is 72.5 Å². The molecule has 138 valence electrons. The van der Waals surface area contributed by atoms with E-state index in [2.05, 4.69) is 86.4 Å². The first-order valence-corrected chi connectivity index (χ1v) is 14.4. The lowest BCUT2D eigenvalue weighted by atomic mass is 9.96. The average molecular weight is 401 g/mol. The van der Waals surface area contributed by atoms with Crippen LogP contribution < -0.4 is 0 Å². The van der Waals surface area contributed by atoms with Gasteiger partial charge in [0.15, 0.2) is 0 Å². The van der Waals surface area contributed by atoms with Gasteiger partial charge in [-0.3, -0.25) is 0 Å². The zero-order valence-corrected chi connectivity index (χ0v) is 18.4. The highest BCUT2D eigenvalue weighted by molar-refractivity contribution is 8.20. The number of benzene rings is 2. The molecular formula is C22H28OS2Si. The van der Waals surface area contributed by atoms with Gasteiger partial charge in [-0.25, -0.2) is 0 Å². The van der Waals surface area contributed by atoms with Crippen molar-refractivity contribution in [3.8, 4) is 0 Å². The smallest absolute Gasteiger partial charge is 0.0886 e. The number of hydrogen-bond acceptors (Lipinski definition) is 3. The van der Waals surface area contributed by atoms with E-state index in [-0.39, 0.29) is 3.70 Å². The molecule has 0 heterocycles. The molecule has 2 aromatic carbocycles. The van der Waals surface area contributed by atoms with Crippen LogP contribution in [0.3, 0.4) is 0 Å². The summed E-state index contributed by atoms with van der Waals surface area (Å²) in [7, 11) is -1.65. The van der Waals surface area contributed by atoms with Crippen LogP contribution in [0.1, 0.15) is 19.3 Å². The van der Waals surface area contributed by atoms with E-state index in [0.29, 0.717) is 11.7 Å². The molecule has 1 aliphatic rings. The summed E-state index contributed by atoms with van der Waals surface area (Å²) in [4.78, 5) is 2.63. The van der Waals surface area contributed by atoms with Crippen LogP contribution in [-0.2, 0) is 0 Å². The molecule has 1 aliphatic carbocycles. The van der Waals surface area contributed by atoms with Crippen molar-refractivity contribution in [2.75, 3.05) is 0 Å². The summed E-state index contributed by atoms with van der Waals surface area (Å²) in [5, 5.41) is 10.3. The van der Waals surface area contributed by atoms with Crippen LogP contribution in [0, 0.1) is 5.92 Å². The second-order valence-electron chi connectivity index (χ2n) is 7.90. The highest BCUT2D eigenvalue weighted by Crippen LogP contribution is 2.57. The van der Waals surface area contributed by atoms with Crippen LogP contribution >= 0.6 is 23.5 Å². The highest BCUT2D eigenvalue weighted by atomic mass is 32.2. The first kappa shape index (κ1) is 19.7. The maximum atomic E-state index is 10.3. The zero-order chi connectivity index (χ0) is 18.6. The molecule has 26 heavy (non-hydrogen) atoms. The van der Waals surface area contributed by atoms with Gasteiger partial charge < -0.3 is 5.11 Å². The second-order valence-corrected chi connectivity index (χ2v) is 16.8. The lowest BCUT2D eigenvalue weighted by Gasteiger charge is -2.48. The molecule has 0 radical (unpaired) electrons. The Kier molecular flexibility index (Phi) is 6.26. The summed E-state index contributed by atoms with van der Waals surface area (Å²) in [5.41, 5.74) is 0. The largest absolute Gasteiger partial charge is 0.513 e. The van der Waals surface area contributed by atoms with E-state index in [0.717, 1.165) is 19.3 Å². The summed E-state index contributed by atoms with van der Waals surface area (Å²) in [6, 6.07) is 21.5. The highest BCUT2D eigenvalue weighted by Gasteiger charge is 2.50. The molecule has 3 rings (SSSR count). The maximum absolute atomic E-state index is 10.3. The minimum atomic E-state index is -1.65. The molecule has 1 unspecified atom stereocenters. The molecule has 0 aromatic heterocycles. The van der Waals surface area contributed by atoms with Crippen LogP contribution in [0.5, 0.6) is 0 Å². The normalized spacial score (nSPS) is 18.4. The maximum Gasteiger partial charge on any atom is 0.0886 e. The van der Waals surface area contributed by atoms with Crippen LogP contribution in [0.15, 0.2) is 82.3 Å². The predicted molar refractivity (Wildman–Crippen MR) is 119 cm³/mol. The van der Waals surface area contributed by atoms with Crippen molar-refractivity contribution in [3.63, 3.8) is 0 Å². The van der Waals surface area contributed by atoms with E-state index < -0.39 is 8.07 Å². The van der Waals surface area contributed by atoms with Gasteiger partial charge in [-0.2, -0.15) is 0 Å². The van der Waals surface area contributed by atoms with Crippen molar-refractivity contribution < 1.29 is 5.11 Å². The van der Waals surface area contributed by atoms with Crippen molar-refractivity contribution in [2.45, 2.75) is 52.4 Å². The summed E-state index contributed by atoms with van der Waals surface area (Å²) in [6.07, 6.45) is 5.20. The lowest BCUT2D eigenvalue weighted by molar-refractivity contribution is 0.348. The predicted octanol–water partition coefficient (Wildman–Crippen LogP) is 7.39. The molecule has 1 atom stereocenters. The Morgan fingerprint density at radius 1 is 0.885 bits per heavy atom. The molecule has 0 saturated carbocycles. The molecule has 1 nitrogen and oxygen atoms in total. The van der Waals surface area contributed by atoms with Gasteiger partial charge in [0.25, 0.3) is 0 Å². The van der Waals surface area contributed by atoms with Crippen LogP contribution in [0.4, 0.5) is 0 Å². The number of allylic oxidation sites excluding steroid dienone is 2. The topological polar surface area (TPSA) is 20.2 Å². The molecule has 0 amide bonds. The Balaban J connectivity index is 2.08. The van der Waals surface area contributed by atoms with Gasteiger partial charge in [0, 0.05) is 22.1 Å². The van der Waals surface area contributed by atoms with Gasteiger partial charge in [0.2, 0.25) is 0 Å². The molecule has 0 saturated heterocycles. The summed E-state index contributed by atoms with van der Waals surface area (Å²) < 4.78 is 0.0319. The third kappa shape index (κ3) is 4.41. The van der Waals surface area contributed by atoms with Crippen LogP contribution in [0.25, 0.3) is 0 Å². The summed E-state index contributed by atoms with van der Waals surface area (Å²) >= 11 is 4.03. The third-order valence-corrected chi connectivity index (χ3v) is 14.4. The standard InChI is InChI=1S/C22H28OS2Si/c1-26(2,3)22(18-11-10-12-19(23)17-18,24-20-13-6-4-7-14-20)25-21-15-8-5-9-16-21/h4-9,13-18,23H,10-12H2,1-3H3. The van der Waals surface area contributed by atoms with Crippen molar-refractivity contribution in [1.82, 2.24) is 0 Å². The fourth-order valence-corrected chi connectivity index (χ4v) is 10.8. The zero-order valence-electron chi connectivity index (χ0n) is 15.8. The molecule has 2 aromatic rings. The van der Waals surface area contributed by atoms with Crippen LogP contribution in [0.2, 0.25) is 19.6 Å². The number of aliphatic hydroxyl groups is 1. The fourth-order valence-electron chi connectivity index (χ4n) is 3.56. The number of aliphatic hydroxyl groups excluding tert-OH is 1. The first-order chi connectivity index (χ1) is 12.4. The molecule has 0 bridgehead atoms. The number of thioether (sulfide) groups is 2. The van der Waals surface area contributed by atoms with E-state index in [1.54, 1.807) is 0 Å². The van der Waals surface area contributed by atoms with Crippen molar-refractivity contribution >= 4 is 31.6 Å². The average Bonchev–Trinajstić information content (AvgIpc) is 2.62. The Bertz CT molecular complexity index is 696. The van der Waals surface area contributed by atoms with Crippen molar-refractivity contribution in [1.29, 1.82) is 0 Å². The van der Waals surface area contributed by atoms with Crippen molar-refractivity contribution in [2.24, 2.45) is 5.92 Å². The Labute approximate surface area is 167 Å². The Morgan fingerprint density at radius 2 is 1.38 bits per heavy atom. The fraction of sp³-hybridized carbons (Fsp3) is 0.364. The molecule has 0 aliphatic heterocycles. The lowest BCUT2D eigenvalue weighted by Crippen LogP contribution is -2.52. The number of rotatable bonds is 6. The Hall–Kier alpha value is -1.10. The number of hydrogen-bond donors (Lipinski definition) is 1. The minimum absolute atomic E-state index is 0.0319. The minimum Gasteiger partial charge on any atom is -0.513 e. The molecule has 4 heteroatoms. The summed E-state index contributed by atoms with van der Waals surface area (Å²) in [5.74, 6) is 0.949. The molecule has 1 N–H and O–H groups in total. The van der Waals surface area contributed by atoms with E-state index in [1.807, 2.05) is 23.5 Å². The molecule has 0 spiro atoms.